The van der Waals surface area contributed by atoms with Crippen LogP contribution < -0.4 is 0 Å². The Morgan fingerprint density at radius 2 is 1.92 bits per heavy atom. The van der Waals surface area contributed by atoms with E-state index in [0.717, 1.165) is 18.0 Å². The van der Waals surface area contributed by atoms with Crippen LogP contribution in [0, 0.1) is 5.92 Å². The average Bonchev–Trinajstić information content (AvgIpc) is 2.33. The highest BCUT2D eigenvalue weighted by molar-refractivity contribution is 4.81. The lowest BCUT2D eigenvalue weighted by molar-refractivity contribution is 0.183. The van der Waals surface area contributed by atoms with E-state index < -0.39 is 0 Å². The summed E-state index contributed by atoms with van der Waals surface area (Å²) in [7, 11) is 0. The Balaban J connectivity index is 2.41. The Labute approximate surface area is 77.1 Å². The van der Waals surface area contributed by atoms with E-state index in [9.17, 15) is 0 Å². The summed E-state index contributed by atoms with van der Waals surface area (Å²) >= 11 is 0. The number of hydrogen-bond acceptors (Lipinski definition) is 1. The van der Waals surface area contributed by atoms with Gasteiger partial charge in [-0.3, -0.25) is 4.90 Å². The van der Waals surface area contributed by atoms with Crippen molar-refractivity contribution in [3.05, 3.63) is 0 Å². The molecule has 0 unspecified atom stereocenters. The van der Waals surface area contributed by atoms with Crippen LogP contribution in [0.2, 0.25) is 0 Å². The Hall–Kier alpha value is -0.0400. The smallest absolute Gasteiger partial charge is 0.0101 e. The van der Waals surface area contributed by atoms with E-state index >= 15 is 0 Å². The molecule has 0 saturated carbocycles. The van der Waals surface area contributed by atoms with E-state index in [-0.39, 0.29) is 0 Å². The molecule has 1 aliphatic rings. The second-order valence-corrected chi connectivity index (χ2v) is 4.76. The summed E-state index contributed by atoms with van der Waals surface area (Å²) in [6.07, 6.45) is 4.23. The van der Waals surface area contributed by atoms with Gasteiger partial charge in [-0.05, 0) is 45.6 Å². The maximum absolute atomic E-state index is 2.67. The molecule has 0 spiro atoms. The van der Waals surface area contributed by atoms with E-state index in [2.05, 4.69) is 32.6 Å². The lowest BCUT2D eigenvalue weighted by Crippen LogP contribution is -2.36. The Kier molecular flexibility index (Phi) is 3.57. The molecule has 0 aromatic rings. The third-order valence-electron chi connectivity index (χ3n) is 2.83. The summed E-state index contributed by atoms with van der Waals surface area (Å²) in [6.45, 7) is 10.6. The third kappa shape index (κ3) is 2.48. The van der Waals surface area contributed by atoms with Gasteiger partial charge in [0.2, 0.25) is 0 Å². The Morgan fingerprint density at radius 1 is 1.25 bits per heavy atom. The van der Waals surface area contributed by atoms with Gasteiger partial charge in [0.1, 0.15) is 0 Å². The predicted molar refractivity (Wildman–Crippen MR) is 54.3 cm³/mol. The maximum atomic E-state index is 2.67. The molecule has 1 aliphatic heterocycles. The SMILES string of the molecule is CC(C)C[C@H]1CCCN1C(C)C. The first-order valence-corrected chi connectivity index (χ1v) is 5.37. The first kappa shape index (κ1) is 10.0. The van der Waals surface area contributed by atoms with Crippen molar-refractivity contribution < 1.29 is 0 Å². The summed E-state index contributed by atoms with van der Waals surface area (Å²) in [5.74, 6) is 0.856. The van der Waals surface area contributed by atoms with Crippen LogP contribution >= 0.6 is 0 Å². The Morgan fingerprint density at radius 3 is 2.42 bits per heavy atom. The van der Waals surface area contributed by atoms with Gasteiger partial charge in [0.25, 0.3) is 0 Å². The fraction of sp³-hybridized carbons (Fsp3) is 1.00. The minimum absolute atomic E-state index is 0.747. The molecular formula is C11H23N. The van der Waals surface area contributed by atoms with Crippen LogP contribution in [0.4, 0.5) is 0 Å². The van der Waals surface area contributed by atoms with Crippen LogP contribution in [0.3, 0.4) is 0 Å². The second-order valence-electron chi connectivity index (χ2n) is 4.76. The van der Waals surface area contributed by atoms with Crippen molar-refractivity contribution in [1.29, 1.82) is 0 Å². The van der Waals surface area contributed by atoms with Crippen LogP contribution in [-0.2, 0) is 0 Å². The topological polar surface area (TPSA) is 3.24 Å². The monoisotopic (exact) mass is 169 g/mol. The minimum Gasteiger partial charge on any atom is -0.298 e. The van der Waals surface area contributed by atoms with Gasteiger partial charge in [-0.1, -0.05) is 13.8 Å². The van der Waals surface area contributed by atoms with Crippen molar-refractivity contribution in [2.75, 3.05) is 6.54 Å². The second kappa shape index (κ2) is 4.27. The highest BCUT2D eigenvalue weighted by Gasteiger charge is 2.26. The highest BCUT2D eigenvalue weighted by Crippen LogP contribution is 2.24. The molecule has 0 N–H and O–H groups in total. The lowest BCUT2D eigenvalue weighted by Gasteiger charge is -2.29. The summed E-state index contributed by atoms with van der Waals surface area (Å²) in [4.78, 5) is 2.67. The molecule has 0 radical (unpaired) electrons. The van der Waals surface area contributed by atoms with Gasteiger partial charge in [0.15, 0.2) is 0 Å². The molecule has 0 aromatic heterocycles. The Bertz CT molecular complexity index is 129. The molecule has 1 atom stereocenters. The standard InChI is InChI=1S/C11H23N/c1-9(2)8-11-6-5-7-12(11)10(3)4/h9-11H,5-8H2,1-4H3/t11-/m1/s1. The van der Waals surface area contributed by atoms with E-state index in [4.69, 9.17) is 0 Å². The van der Waals surface area contributed by atoms with Crippen molar-refractivity contribution in [2.45, 2.75) is 59.0 Å². The molecule has 0 aromatic carbocycles. The van der Waals surface area contributed by atoms with Gasteiger partial charge in [-0.2, -0.15) is 0 Å². The molecule has 1 heteroatoms. The first-order chi connectivity index (χ1) is 5.61. The summed E-state index contributed by atoms with van der Waals surface area (Å²) in [5.41, 5.74) is 0. The quantitative estimate of drug-likeness (QED) is 0.628. The van der Waals surface area contributed by atoms with Gasteiger partial charge < -0.3 is 0 Å². The fourth-order valence-corrected chi connectivity index (χ4v) is 2.34. The molecule has 1 fully saturated rings. The van der Waals surface area contributed by atoms with Crippen molar-refractivity contribution in [2.24, 2.45) is 5.92 Å². The molecule has 12 heavy (non-hydrogen) atoms. The summed E-state index contributed by atoms with van der Waals surface area (Å²) in [6, 6.07) is 1.63. The average molecular weight is 169 g/mol. The van der Waals surface area contributed by atoms with Gasteiger partial charge in [-0.25, -0.2) is 0 Å². The predicted octanol–water partition coefficient (Wildman–Crippen LogP) is 2.91. The molecule has 0 bridgehead atoms. The molecule has 0 aliphatic carbocycles. The van der Waals surface area contributed by atoms with Crippen molar-refractivity contribution in [1.82, 2.24) is 4.90 Å². The van der Waals surface area contributed by atoms with Gasteiger partial charge in [0.05, 0.1) is 0 Å². The summed E-state index contributed by atoms with van der Waals surface area (Å²) < 4.78 is 0. The zero-order valence-corrected chi connectivity index (χ0v) is 9.01. The lowest BCUT2D eigenvalue weighted by atomic mass is 10.0. The van der Waals surface area contributed by atoms with Crippen molar-refractivity contribution in [3.8, 4) is 0 Å². The number of hydrogen-bond donors (Lipinski definition) is 0. The zero-order valence-electron chi connectivity index (χ0n) is 9.01. The molecule has 0 amide bonds. The number of likely N-dealkylation sites (tertiary alicyclic amines) is 1. The van der Waals surface area contributed by atoms with Gasteiger partial charge in [-0.15, -0.1) is 0 Å². The zero-order chi connectivity index (χ0) is 9.14. The van der Waals surface area contributed by atoms with Gasteiger partial charge >= 0.3 is 0 Å². The molecule has 1 rings (SSSR count). The van der Waals surface area contributed by atoms with E-state index in [1.165, 1.54) is 25.8 Å². The number of rotatable bonds is 3. The molecule has 1 nitrogen and oxygen atoms in total. The third-order valence-corrected chi connectivity index (χ3v) is 2.83. The van der Waals surface area contributed by atoms with E-state index in [1.54, 1.807) is 0 Å². The van der Waals surface area contributed by atoms with E-state index in [0.29, 0.717) is 0 Å². The van der Waals surface area contributed by atoms with Crippen LogP contribution in [0.15, 0.2) is 0 Å². The van der Waals surface area contributed by atoms with Gasteiger partial charge in [0, 0.05) is 12.1 Å². The van der Waals surface area contributed by atoms with Crippen LogP contribution in [0.5, 0.6) is 0 Å². The molecule has 72 valence electrons. The maximum Gasteiger partial charge on any atom is 0.0101 e. The minimum atomic E-state index is 0.747. The molecule has 1 heterocycles. The summed E-state index contributed by atoms with van der Waals surface area (Å²) in [5, 5.41) is 0. The largest absolute Gasteiger partial charge is 0.298 e. The van der Waals surface area contributed by atoms with Crippen LogP contribution in [0.1, 0.15) is 47.0 Å². The molecule has 1 saturated heterocycles. The first-order valence-electron chi connectivity index (χ1n) is 5.37. The van der Waals surface area contributed by atoms with Crippen LogP contribution in [-0.4, -0.2) is 23.5 Å². The van der Waals surface area contributed by atoms with Crippen molar-refractivity contribution >= 4 is 0 Å². The van der Waals surface area contributed by atoms with Crippen LogP contribution in [0.25, 0.3) is 0 Å². The fourth-order valence-electron chi connectivity index (χ4n) is 2.34. The van der Waals surface area contributed by atoms with E-state index in [1.807, 2.05) is 0 Å². The normalized spacial score (nSPS) is 26.0. The highest BCUT2D eigenvalue weighted by atomic mass is 15.2. The molecular weight excluding hydrogens is 146 g/mol. The van der Waals surface area contributed by atoms with Crippen molar-refractivity contribution in [3.63, 3.8) is 0 Å². The number of nitrogens with zero attached hydrogens (tertiary/aromatic N) is 1.